The highest BCUT2D eigenvalue weighted by atomic mass is 32.1. The van der Waals surface area contributed by atoms with E-state index in [1.165, 1.54) is 44.6 Å². The van der Waals surface area contributed by atoms with Crippen molar-refractivity contribution in [1.29, 1.82) is 0 Å². The van der Waals surface area contributed by atoms with Crippen molar-refractivity contribution in [3.8, 4) is 0 Å². The molecule has 0 saturated heterocycles. The van der Waals surface area contributed by atoms with E-state index in [1.807, 2.05) is 0 Å². The molecular weight excluding hydrogens is 436 g/mol. The standard InChI is InChI=1S/C22H20N2O7S/c1-10(24-19(26)11-6-4-5-7-12(11)20(24)27)17(25)23-18-16(22(29)31-3)15-13(21(28)30-2)8-9-14(15)32-18/h4-7,10,13H,8-9H2,1-3H3,(H,23,25)/t10-,13-/m0/s1. The van der Waals surface area contributed by atoms with Crippen molar-refractivity contribution in [3.05, 3.63) is 51.4 Å². The van der Waals surface area contributed by atoms with Gasteiger partial charge in [-0.1, -0.05) is 12.1 Å². The summed E-state index contributed by atoms with van der Waals surface area (Å²) in [6, 6.07) is 5.23. The summed E-state index contributed by atoms with van der Waals surface area (Å²) in [6.07, 6.45) is 1.05. The number of ether oxygens (including phenoxy) is 2. The van der Waals surface area contributed by atoms with E-state index in [9.17, 15) is 24.0 Å². The van der Waals surface area contributed by atoms with Gasteiger partial charge in [-0.05, 0) is 37.5 Å². The fraction of sp³-hybridized carbons (Fsp3) is 0.318. The maximum absolute atomic E-state index is 13.0. The number of carbonyl (C=O) groups excluding carboxylic acids is 5. The summed E-state index contributed by atoms with van der Waals surface area (Å²) >= 11 is 1.17. The molecule has 0 spiro atoms. The number of carbonyl (C=O) groups is 5. The lowest BCUT2D eigenvalue weighted by Gasteiger charge is -2.21. The van der Waals surface area contributed by atoms with Gasteiger partial charge in [-0.3, -0.25) is 24.1 Å². The highest BCUT2D eigenvalue weighted by Gasteiger charge is 2.42. The number of fused-ring (bicyclic) bond motifs is 2. The average Bonchev–Trinajstić information content (AvgIpc) is 3.43. The van der Waals surface area contributed by atoms with Gasteiger partial charge >= 0.3 is 11.9 Å². The van der Waals surface area contributed by atoms with Crippen molar-refractivity contribution in [2.24, 2.45) is 0 Å². The number of aryl methyl sites for hydroxylation is 1. The molecule has 0 saturated carbocycles. The number of amides is 3. The zero-order valence-electron chi connectivity index (χ0n) is 17.6. The Morgan fingerprint density at radius 1 is 1.09 bits per heavy atom. The first kappa shape index (κ1) is 21.7. The smallest absolute Gasteiger partial charge is 0.341 e. The van der Waals surface area contributed by atoms with Crippen LogP contribution in [0.5, 0.6) is 0 Å². The van der Waals surface area contributed by atoms with Crippen LogP contribution in [0.4, 0.5) is 5.00 Å². The molecule has 1 aromatic heterocycles. The summed E-state index contributed by atoms with van der Waals surface area (Å²) in [5.74, 6) is -3.54. The van der Waals surface area contributed by atoms with E-state index in [0.717, 1.165) is 9.78 Å². The predicted molar refractivity (Wildman–Crippen MR) is 114 cm³/mol. The van der Waals surface area contributed by atoms with Gasteiger partial charge in [0.2, 0.25) is 5.91 Å². The van der Waals surface area contributed by atoms with Gasteiger partial charge in [-0.2, -0.15) is 0 Å². The van der Waals surface area contributed by atoms with Crippen LogP contribution in [0.25, 0.3) is 0 Å². The van der Waals surface area contributed by atoms with Crippen molar-refractivity contribution in [1.82, 2.24) is 4.90 Å². The van der Waals surface area contributed by atoms with Crippen molar-refractivity contribution in [3.63, 3.8) is 0 Å². The number of nitrogens with one attached hydrogen (secondary N) is 1. The molecule has 1 aromatic carbocycles. The Balaban J connectivity index is 1.63. The Hall–Kier alpha value is -3.53. The lowest BCUT2D eigenvalue weighted by Crippen LogP contribution is -2.45. The maximum Gasteiger partial charge on any atom is 0.341 e. The summed E-state index contributed by atoms with van der Waals surface area (Å²) in [6.45, 7) is 1.44. The maximum atomic E-state index is 13.0. The molecule has 2 atom stereocenters. The molecule has 166 valence electrons. The number of imide groups is 1. The van der Waals surface area contributed by atoms with E-state index in [4.69, 9.17) is 9.47 Å². The Kier molecular flexibility index (Phi) is 5.55. The highest BCUT2D eigenvalue weighted by molar-refractivity contribution is 7.17. The van der Waals surface area contributed by atoms with Gasteiger partial charge in [0.15, 0.2) is 0 Å². The third-order valence-corrected chi connectivity index (χ3v) is 6.92. The third kappa shape index (κ3) is 3.27. The van der Waals surface area contributed by atoms with Gasteiger partial charge in [0, 0.05) is 4.88 Å². The summed E-state index contributed by atoms with van der Waals surface area (Å²) in [4.78, 5) is 64.8. The molecule has 32 heavy (non-hydrogen) atoms. The molecule has 2 heterocycles. The number of esters is 2. The summed E-state index contributed by atoms with van der Waals surface area (Å²) in [5, 5.41) is 2.87. The average molecular weight is 456 g/mol. The van der Waals surface area contributed by atoms with E-state index in [2.05, 4.69) is 5.32 Å². The van der Waals surface area contributed by atoms with Crippen LogP contribution < -0.4 is 5.32 Å². The monoisotopic (exact) mass is 456 g/mol. The van der Waals surface area contributed by atoms with Crippen molar-refractivity contribution in [2.45, 2.75) is 31.7 Å². The van der Waals surface area contributed by atoms with Gasteiger partial charge in [0.1, 0.15) is 11.0 Å². The van der Waals surface area contributed by atoms with Gasteiger partial charge in [-0.15, -0.1) is 11.3 Å². The largest absolute Gasteiger partial charge is 0.469 e. The second-order valence-electron chi connectivity index (χ2n) is 7.44. The fourth-order valence-electron chi connectivity index (χ4n) is 4.13. The topological polar surface area (TPSA) is 119 Å². The number of benzene rings is 1. The van der Waals surface area contributed by atoms with Crippen molar-refractivity contribution in [2.75, 3.05) is 19.5 Å². The lowest BCUT2D eigenvalue weighted by molar-refractivity contribution is -0.142. The highest BCUT2D eigenvalue weighted by Crippen LogP contribution is 2.46. The van der Waals surface area contributed by atoms with Crippen LogP contribution in [-0.2, 0) is 25.5 Å². The quantitative estimate of drug-likeness (QED) is 0.542. The van der Waals surface area contributed by atoms with E-state index in [1.54, 1.807) is 12.1 Å². The Labute approximate surface area is 187 Å². The molecular formula is C22H20N2O7S. The van der Waals surface area contributed by atoms with Crippen LogP contribution in [0.1, 0.15) is 60.8 Å². The second kappa shape index (κ2) is 8.19. The normalized spacial score (nSPS) is 17.6. The van der Waals surface area contributed by atoms with Gasteiger partial charge in [0.05, 0.1) is 36.8 Å². The molecule has 0 radical (unpaired) electrons. The molecule has 2 aliphatic rings. The molecule has 0 unspecified atom stereocenters. The molecule has 0 bridgehead atoms. The molecule has 1 N–H and O–H groups in total. The molecule has 9 nitrogen and oxygen atoms in total. The number of thiophene rings is 1. The van der Waals surface area contributed by atoms with Crippen LogP contribution in [0.3, 0.4) is 0 Å². The first-order valence-electron chi connectivity index (χ1n) is 9.89. The van der Waals surface area contributed by atoms with E-state index in [-0.39, 0.29) is 21.7 Å². The van der Waals surface area contributed by atoms with E-state index in [0.29, 0.717) is 18.4 Å². The SMILES string of the molecule is COC(=O)c1c(NC(=O)[C@H](C)N2C(=O)c3ccccc3C2=O)sc2c1[C@@H](C(=O)OC)CC2. The molecule has 1 aliphatic heterocycles. The lowest BCUT2D eigenvalue weighted by atomic mass is 9.99. The molecule has 1 aliphatic carbocycles. The third-order valence-electron chi connectivity index (χ3n) is 5.73. The molecule has 10 heteroatoms. The number of anilines is 1. The van der Waals surface area contributed by atoms with Crippen molar-refractivity contribution < 1.29 is 33.4 Å². The number of hydrogen-bond acceptors (Lipinski definition) is 8. The first-order chi connectivity index (χ1) is 15.3. The second-order valence-corrected chi connectivity index (χ2v) is 8.55. The summed E-state index contributed by atoms with van der Waals surface area (Å²) in [7, 11) is 2.48. The molecule has 3 amide bonds. The Morgan fingerprint density at radius 2 is 1.72 bits per heavy atom. The zero-order chi connectivity index (χ0) is 23.2. The zero-order valence-corrected chi connectivity index (χ0v) is 18.4. The number of hydrogen-bond donors (Lipinski definition) is 1. The Bertz CT molecular complexity index is 1130. The summed E-state index contributed by atoms with van der Waals surface area (Å²) < 4.78 is 9.74. The number of rotatable bonds is 5. The van der Waals surface area contributed by atoms with E-state index >= 15 is 0 Å². The molecule has 2 aromatic rings. The van der Waals surface area contributed by atoms with Crippen LogP contribution in [0.15, 0.2) is 24.3 Å². The van der Waals surface area contributed by atoms with Crippen LogP contribution in [-0.4, -0.2) is 54.8 Å². The number of nitrogens with zero attached hydrogens (tertiary/aromatic N) is 1. The van der Waals surface area contributed by atoms with Gasteiger partial charge in [-0.25, -0.2) is 4.79 Å². The van der Waals surface area contributed by atoms with E-state index < -0.39 is 41.6 Å². The summed E-state index contributed by atoms with van der Waals surface area (Å²) in [5.41, 5.74) is 1.08. The minimum atomic E-state index is -1.12. The van der Waals surface area contributed by atoms with Gasteiger partial charge in [0.25, 0.3) is 11.8 Å². The number of methoxy groups -OCH3 is 2. The minimum absolute atomic E-state index is 0.100. The van der Waals surface area contributed by atoms with Crippen molar-refractivity contribution >= 4 is 46.0 Å². The van der Waals surface area contributed by atoms with Crippen LogP contribution >= 0.6 is 11.3 Å². The molecule has 4 rings (SSSR count). The Morgan fingerprint density at radius 3 is 2.28 bits per heavy atom. The van der Waals surface area contributed by atoms with Crippen LogP contribution in [0, 0.1) is 0 Å². The first-order valence-corrected chi connectivity index (χ1v) is 10.7. The fourth-order valence-corrected chi connectivity index (χ4v) is 5.40. The predicted octanol–water partition coefficient (Wildman–Crippen LogP) is 2.36. The van der Waals surface area contributed by atoms with Crippen LogP contribution in [0.2, 0.25) is 0 Å². The molecule has 0 fully saturated rings. The van der Waals surface area contributed by atoms with Gasteiger partial charge < -0.3 is 14.8 Å². The minimum Gasteiger partial charge on any atom is -0.469 e.